The lowest BCUT2D eigenvalue weighted by Crippen LogP contribution is -2.10. The Kier molecular flexibility index (Phi) is 3.02. The molecule has 2 aromatic rings. The number of benzene rings is 2. The maximum absolute atomic E-state index is 3.86. The Morgan fingerprint density at radius 3 is 2.83 bits per heavy atom. The molecule has 0 amide bonds. The molecule has 0 heterocycles. The zero-order chi connectivity index (χ0) is 12.4. The Morgan fingerprint density at radius 2 is 1.94 bits per heavy atom. The molecule has 0 heteroatoms. The normalized spacial score (nSPS) is 18.1. The number of hydrogen-bond donors (Lipinski definition) is 0. The van der Waals surface area contributed by atoms with Gasteiger partial charge in [0.1, 0.15) is 0 Å². The lowest BCUT2D eigenvalue weighted by molar-refractivity contribution is 0.616. The Morgan fingerprint density at radius 1 is 1.06 bits per heavy atom. The van der Waals surface area contributed by atoms with Gasteiger partial charge in [0.05, 0.1) is 0 Å². The number of fused-ring (bicyclic) bond motifs is 1. The minimum absolute atomic E-state index is 0.565. The summed E-state index contributed by atoms with van der Waals surface area (Å²) in [7, 11) is 0. The summed E-state index contributed by atoms with van der Waals surface area (Å²) in [5.41, 5.74) is 5.69. The van der Waals surface area contributed by atoms with Crippen LogP contribution in [0.1, 0.15) is 41.0 Å². The third kappa shape index (κ3) is 1.99. The molecular weight excluding hydrogens is 216 g/mol. The van der Waals surface area contributed by atoms with Crippen molar-refractivity contribution < 1.29 is 0 Å². The van der Waals surface area contributed by atoms with Crippen molar-refractivity contribution in [2.45, 2.75) is 25.2 Å². The molecule has 18 heavy (non-hydrogen) atoms. The van der Waals surface area contributed by atoms with Crippen LogP contribution in [0.3, 0.4) is 0 Å². The average Bonchev–Trinajstić information content (AvgIpc) is 2.47. The van der Waals surface area contributed by atoms with Gasteiger partial charge in [0, 0.05) is 5.92 Å². The summed E-state index contributed by atoms with van der Waals surface area (Å²) in [6.45, 7) is 3.86. The van der Waals surface area contributed by atoms with Gasteiger partial charge in [-0.3, -0.25) is 0 Å². The van der Waals surface area contributed by atoms with Crippen molar-refractivity contribution in [2.24, 2.45) is 0 Å². The van der Waals surface area contributed by atoms with E-state index in [4.69, 9.17) is 0 Å². The van der Waals surface area contributed by atoms with Crippen molar-refractivity contribution in [3.05, 3.63) is 77.4 Å². The molecule has 0 nitrogen and oxygen atoms in total. The van der Waals surface area contributed by atoms with Crippen LogP contribution in [0, 0.1) is 0 Å². The molecule has 2 aromatic carbocycles. The Hall–Kier alpha value is -1.82. The van der Waals surface area contributed by atoms with E-state index in [9.17, 15) is 0 Å². The standard InChI is InChI=1S/C18H18/c1-2-14-7-5-10-16(13-14)18-12-6-9-15-8-3-4-11-17(15)18/h2-5,7-8,10-11,13,18H,1,6,9,12H2. The predicted octanol–water partition coefficient (Wildman–Crippen LogP) is 4.80. The molecule has 1 unspecified atom stereocenters. The van der Waals surface area contributed by atoms with Crippen LogP contribution in [0.15, 0.2) is 55.1 Å². The van der Waals surface area contributed by atoms with Crippen molar-refractivity contribution in [1.29, 1.82) is 0 Å². The maximum atomic E-state index is 3.86. The first-order valence-electron chi connectivity index (χ1n) is 6.68. The Bertz CT molecular complexity index is 566. The minimum Gasteiger partial charge on any atom is -0.0985 e. The predicted molar refractivity (Wildman–Crippen MR) is 77.8 cm³/mol. The summed E-state index contributed by atoms with van der Waals surface area (Å²) in [5, 5.41) is 0. The third-order valence-corrected chi connectivity index (χ3v) is 3.92. The molecule has 90 valence electrons. The maximum Gasteiger partial charge on any atom is 0.00924 e. The molecule has 0 aromatic heterocycles. The molecule has 1 aliphatic rings. The Balaban J connectivity index is 2.05. The van der Waals surface area contributed by atoms with Gasteiger partial charge in [-0.25, -0.2) is 0 Å². The second-order valence-electron chi connectivity index (χ2n) is 5.02. The van der Waals surface area contributed by atoms with Gasteiger partial charge in [0.25, 0.3) is 0 Å². The largest absolute Gasteiger partial charge is 0.0985 e. The highest BCUT2D eigenvalue weighted by molar-refractivity contribution is 5.50. The monoisotopic (exact) mass is 234 g/mol. The van der Waals surface area contributed by atoms with Gasteiger partial charge >= 0.3 is 0 Å². The van der Waals surface area contributed by atoms with Gasteiger partial charge in [-0.1, -0.05) is 61.2 Å². The summed E-state index contributed by atoms with van der Waals surface area (Å²) >= 11 is 0. The van der Waals surface area contributed by atoms with E-state index in [1.807, 2.05) is 6.08 Å². The average molecular weight is 234 g/mol. The lowest BCUT2D eigenvalue weighted by Gasteiger charge is -2.26. The van der Waals surface area contributed by atoms with Gasteiger partial charge in [-0.05, 0) is 41.5 Å². The van der Waals surface area contributed by atoms with E-state index in [2.05, 4.69) is 55.1 Å². The van der Waals surface area contributed by atoms with Crippen molar-refractivity contribution in [1.82, 2.24) is 0 Å². The van der Waals surface area contributed by atoms with E-state index < -0.39 is 0 Å². The van der Waals surface area contributed by atoms with Gasteiger partial charge in [-0.2, -0.15) is 0 Å². The molecule has 0 aliphatic heterocycles. The van der Waals surface area contributed by atoms with E-state index in [1.54, 1.807) is 0 Å². The smallest absolute Gasteiger partial charge is 0.00924 e. The van der Waals surface area contributed by atoms with Gasteiger partial charge < -0.3 is 0 Å². The van der Waals surface area contributed by atoms with Gasteiger partial charge in [-0.15, -0.1) is 0 Å². The van der Waals surface area contributed by atoms with E-state index in [0.717, 1.165) is 0 Å². The molecule has 0 bridgehead atoms. The zero-order valence-electron chi connectivity index (χ0n) is 10.6. The fourth-order valence-electron chi connectivity index (χ4n) is 3.00. The third-order valence-electron chi connectivity index (χ3n) is 3.92. The lowest BCUT2D eigenvalue weighted by atomic mass is 9.79. The van der Waals surface area contributed by atoms with Crippen molar-refractivity contribution >= 4 is 6.08 Å². The molecule has 0 saturated heterocycles. The summed E-state index contributed by atoms with van der Waals surface area (Å²) in [6, 6.07) is 17.7. The minimum atomic E-state index is 0.565. The molecular formula is C18H18. The van der Waals surface area contributed by atoms with E-state index in [1.165, 1.54) is 41.5 Å². The first-order chi connectivity index (χ1) is 8.88. The van der Waals surface area contributed by atoms with Crippen LogP contribution in [-0.4, -0.2) is 0 Å². The van der Waals surface area contributed by atoms with Crippen LogP contribution in [0.4, 0.5) is 0 Å². The molecule has 0 spiro atoms. The molecule has 1 atom stereocenters. The highest BCUT2D eigenvalue weighted by atomic mass is 14.2. The van der Waals surface area contributed by atoms with Crippen LogP contribution >= 0.6 is 0 Å². The second-order valence-corrected chi connectivity index (χ2v) is 5.02. The van der Waals surface area contributed by atoms with Crippen LogP contribution < -0.4 is 0 Å². The summed E-state index contributed by atoms with van der Waals surface area (Å²) in [5.74, 6) is 0.565. The first kappa shape index (κ1) is 11.3. The van der Waals surface area contributed by atoms with Gasteiger partial charge in [0.2, 0.25) is 0 Å². The highest BCUT2D eigenvalue weighted by Gasteiger charge is 2.21. The topological polar surface area (TPSA) is 0 Å². The molecule has 0 fully saturated rings. The fourth-order valence-corrected chi connectivity index (χ4v) is 3.00. The zero-order valence-corrected chi connectivity index (χ0v) is 10.6. The molecule has 0 radical (unpaired) electrons. The second kappa shape index (κ2) is 4.81. The summed E-state index contributed by atoms with van der Waals surface area (Å²) < 4.78 is 0. The van der Waals surface area contributed by atoms with E-state index in [0.29, 0.717) is 5.92 Å². The molecule has 1 aliphatic carbocycles. The number of rotatable bonds is 2. The summed E-state index contributed by atoms with van der Waals surface area (Å²) in [6.07, 6.45) is 5.71. The van der Waals surface area contributed by atoms with E-state index >= 15 is 0 Å². The van der Waals surface area contributed by atoms with Crippen molar-refractivity contribution in [2.75, 3.05) is 0 Å². The fraction of sp³-hybridized carbons (Fsp3) is 0.222. The number of aryl methyl sites for hydroxylation is 1. The summed E-state index contributed by atoms with van der Waals surface area (Å²) in [4.78, 5) is 0. The highest BCUT2D eigenvalue weighted by Crippen LogP contribution is 2.36. The van der Waals surface area contributed by atoms with Crippen molar-refractivity contribution in [3.8, 4) is 0 Å². The van der Waals surface area contributed by atoms with Crippen LogP contribution in [0.2, 0.25) is 0 Å². The van der Waals surface area contributed by atoms with Crippen LogP contribution in [-0.2, 0) is 6.42 Å². The van der Waals surface area contributed by atoms with Crippen LogP contribution in [0.5, 0.6) is 0 Å². The first-order valence-corrected chi connectivity index (χ1v) is 6.68. The van der Waals surface area contributed by atoms with Crippen molar-refractivity contribution in [3.63, 3.8) is 0 Å². The van der Waals surface area contributed by atoms with Gasteiger partial charge in [0.15, 0.2) is 0 Å². The molecule has 3 rings (SSSR count). The molecule has 0 N–H and O–H groups in total. The molecule has 0 saturated carbocycles. The quantitative estimate of drug-likeness (QED) is 0.700. The Labute approximate surface area is 109 Å². The number of hydrogen-bond acceptors (Lipinski definition) is 0. The van der Waals surface area contributed by atoms with E-state index in [-0.39, 0.29) is 0 Å². The SMILES string of the molecule is C=Cc1cccc(C2CCCc3ccccc32)c1. The van der Waals surface area contributed by atoms with Crippen LogP contribution in [0.25, 0.3) is 6.08 Å².